The summed E-state index contributed by atoms with van der Waals surface area (Å²) < 4.78 is 7.18. The second-order valence-electron chi connectivity index (χ2n) is 11.3. The maximum absolute atomic E-state index is 9.10. The van der Waals surface area contributed by atoms with Crippen LogP contribution in [0.5, 0.6) is 5.88 Å². The van der Waals surface area contributed by atoms with Gasteiger partial charge in [-0.3, -0.25) is 15.4 Å². The number of benzene rings is 3. The SMILES string of the molecule is CC.COc1nc(-c2cccc(-c3cccc(-c4ccn(C(=N)c5ccc(CNCCO)cc5)c(=N)c4)c3C)c2C)ccc1CNCCO. The molecule has 0 saturated heterocycles. The molecule has 3 aromatic carbocycles. The average molecular weight is 661 g/mol. The van der Waals surface area contributed by atoms with Gasteiger partial charge in [0.05, 0.1) is 26.0 Å². The fraction of sp³-hybridized carbons (Fsp3) is 0.275. The first-order valence-corrected chi connectivity index (χ1v) is 16.7. The summed E-state index contributed by atoms with van der Waals surface area (Å²) >= 11 is 0. The Morgan fingerprint density at radius 3 is 1.98 bits per heavy atom. The highest BCUT2D eigenvalue weighted by Gasteiger charge is 2.16. The number of aliphatic hydroxyl groups is 2. The van der Waals surface area contributed by atoms with Crippen LogP contribution in [0.15, 0.2) is 91.1 Å². The summed E-state index contributed by atoms with van der Waals surface area (Å²) in [6.07, 6.45) is 1.79. The molecule has 49 heavy (non-hydrogen) atoms. The number of aliphatic hydroxyl groups excluding tert-OH is 2. The van der Waals surface area contributed by atoms with Crippen molar-refractivity contribution < 1.29 is 14.9 Å². The van der Waals surface area contributed by atoms with Crippen molar-refractivity contribution in [3.8, 4) is 39.4 Å². The van der Waals surface area contributed by atoms with Crippen molar-refractivity contribution in [1.82, 2.24) is 20.2 Å². The Bertz CT molecular complexity index is 1920. The van der Waals surface area contributed by atoms with Crippen LogP contribution >= 0.6 is 0 Å². The third-order valence-corrected chi connectivity index (χ3v) is 8.32. The Balaban J connectivity index is 0.00000265. The fourth-order valence-electron chi connectivity index (χ4n) is 5.77. The van der Waals surface area contributed by atoms with E-state index in [-0.39, 0.29) is 24.5 Å². The lowest BCUT2D eigenvalue weighted by molar-refractivity contribution is 0.291. The van der Waals surface area contributed by atoms with E-state index in [9.17, 15) is 0 Å². The molecule has 5 rings (SSSR count). The number of nitrogens with zero attached hydrogens (tertiary/aromatic N) is 2. The van der Waals surface area contributed by atoms with Crippen LogP contribution in [0.1, 0.15) is 41.7 Å². The van der Waals surface area contributed by atoms with Crippen LogP contribution in [0.2, 0.25) is 0 Å². The van der Waals surface area contributed by atoms with E-state index < -0.39 is 0 Å². The first kappa shape index (κ1) is 36.9. The van der Waals surface area contributed by atoms with E-state index in [0.717, 1.165) is 61.3 Å². The smallest absolute Gasteiger partial charge is 0.218 e. The van der Waals surface area contributed by atoms with Gasteiger partial charge >= 0.3 is 0 Å². The van der Waals surface area contributed by atoms with E-state index in [1.807, 2.05) is 74.5 Å². The molecule has 0 radical (unpaired) electrons. The van der Waals surface area contributed by atoms with Crippen LogP contribution in [-0.2, 0) is 13.1 Å². The van der Waals surface area contributed by atoms with Crippen molar-refractivity contribution in [3.05, 3.63) is 124 Å². The van der Waals surface area contributed by atoms with Gasteiger partial charge < -0.3 is 25.6 Å². The largest absolute Gasteiger partial charge is 0.481 e. The van der Waals surface area contributed by atoms with E-state index in [1.165, 1.54) is 0 Å². The van der Waals surface area contributed by atoms with Gasteiger partial charge in [-0.25, -0.2) is 4.98 Å². The molecule has 9 nitrogen and oxygen atoms in total. The van der Waals surface area contributed by atoms with Crippen LogP contribution < -0.4 is 20.9 Å². The normalized spacial score (nSPS) is 10.8. The molecule has 5 aromatic rings. The number of methoxy groups -OCH3 is 1. The van der Waals surface area contributed by atoms with Crippen LogP contribution in [0, 0.1) is 24.7 Å². The summed E-state index contributed by atoms with van der Waals surface area (Å²) in [5.74, 6) is 0.786. The minimum atomic E-state index is 0.0706. The molecule has 0 aliphatic heterocycles. The third-order valence-electron chi connectivity index (χ3n) is 8.32. The molecule has 9 heteroatoms. The summed E-state index contributed by atoms with van der Waals surface area (Å²) in [5, 5.41) is 42.0. The molecule has 0 aliphatic rings. The minimum Gasteiger partial charge on any atom is -0.481 e. The van der Waals surface area contributed by atoms with E-state index in [2.05, 4.69) is 48.7 Å². The Hall–Kier alpha value is -4.93. The highest BCUT2D eigenvalue weighted by atomic mass is 16.5. The summed E-state index contributed by atoms with van der Waals surface area (Å²) in [7, 11) is 1.62. The number of pyridine rings is 2. The van der Waals surface area contributed by atoms with Crippen molar-refractivity contribution in [1.29, 1.82) is 10.8 Å². The summed E-state index contributed by atoms with van der Waals surface area (Å²) in [6.45, 7) is 10.6. The summed E-state index contributed by atoms with van der Waals surface area (Å²) in [4.78, 5) is 4.82. The molecule has 0 unspecified atom stereocenters. The zero-order valence-corrected chi connectivity index (χ0v) is 29.1. The van der Waals surface area contributed by atoms with Crippen LogP contribution in [0.3, 0.4) is 0 Å². The molecule has 0 saturated carbocycles. The standard InChI is InChI=1S/C38H42N6O3.C2H6/c1-25-31(29-16-19-44(36(39)22-29)37(40)28-12-10-27(11-13-28)23-41-17-20-45)6-4-7-32(25)33-8-5-9-34(26(33)2)35-15-14-30(24-42-18-21-46)38(43-35)47-3;1-2/h4-16,19,22,39-42,45-46H,17-18,20-21,23-24H2,1-3H3;1-2H3. The van der Waals surface area contributed by atoms with Crippen molar-refractivity contribution in [3.63, 3.8) is 0 Å². The number of ether oxygens (including phenoxy) is 1. The molecule has 0 aliphatic carbocycles. The highest BCUT2D eigenvalue weighted by Crippen LogP contribution is 2.36. The predicted octanol–water partition coefficient (Wildman–Crippen LogP) is 6.05. The number of nitrogens with one attached hydrogen (secondary N) is 4. The van der Waals surface area contributed by atoms with Gasteiger partial charge in [-0.1, -0.05) is 80.6 Å². The lowest BCUT2D eigenvalue weighted by Crippen LogP contribution is -2.26. The maximum Gasteiger partial charge on any atom is 0.218 e. The first-order valence-electron chi connectivity index (χ1n) is 16.7. The van der Waals surface area contributed by atoms with E-state index in [1.54, 1.807) is 17.9 Å². The Morgan fingerprint density at radius 1 is 0.776 bits per heavy atom. The van der Waals surface area contributed by atoms with Gasteiger partial charge in [0.2, 0.25) is 5.88 Å². The number of aromatic nitrogens is 2. The van der Waals surface area contributed by atoms with Crippen molar-refractivity contribution in [2.75, 3.05) is 33.4 Å². The summed E-state index contributed by atoms with van der Waals surface area (Å²) in [6, 6.07) is 28.0. The monoisotopic (exact) mass is 660 g/mol. The van der Waals surface area contributed by atoms with Crippen molar-refractivity contribution >= 4 is 5.84 Å². The lowest BCUT2D eigenvalue weighted by atomic mass is 9.89. The average Bonchev–Trinajstić information content (AvgIpc) is 3.13. The molecule has 0 amide bonds. The van der Waals surface area contributed by atoms with E-state index >= 15 is 0 Å². The Labute approximate surface area is 289 Å². The molecular weight excluding hydrogens is 612 g/mol. The van der Waals surface area contributed by atoms with Crippen LogP contribution in [0.4, 0.5) is 0 Å². The van der Waals surface area contributed by atoms with Crippen molar-refractivity contribution in [2.45, 2.75) is 40.8 Å². The molecule has 0 spiro atoms. The zero-order chi connectivity index (χ0) is 35.3. The predicted molar refractivity (Wildman–Crippen MR) is 198 cm³/mol. The van der Waals surface area contributed by atoms with Gasteiger partial charge in [0.15, 0.2) is 0 Å². The van der Waals surface area contributed by atoms with Gasteiger partial charge in [-0.2, -0.15) is 0 Å². The molecular formula is C40H48N6O3. The molecule has 0 atom stereocenters. The Morgan fingerprint density at radius 2 is 1.37 bits per heavy atom. The Kier molecular flexibility index (Phi) is 13.6. The number of rotatable bonds is 13. The topological polar surface area (TPSA) is 139 Å². The molecule has 0 bridgehead atoms. The molecule has 2 heterocycles. The van der Waals surface area contributed by atoms with Gasteiger partial charge in [-0.15, -0.1) is 0 Å². The van der Waals surface area contributed by atoms with Crippen LogP contribution in [-0.4, -0.2) is 59.0 Å². The van der Waals surface area contributed by atoms with Gasteiger partial charge in [0.1, 0.15) is 11.3 Å². The first-order chi connectivity index (χ1) is 23.9. The highest BCUT2D eigenvalue weighted by molar-refractivity contribution is 5.98. The van der Waals surface area contributed by atoms with Crippen LogP contribution in [0.25, 0.3) is 33.5 Å². The second kappa shape index (κ2) is 18.0. The fourth-order valence-corrected chi connectivity index (χ4v) is 5.77. The van der Waals surface area contributed by atoms with Gasteiger partial charge in [-0.05, 0) is 71.0 Å². The lowest BCUT2D eigenvalue weighted by Gasteiger charge is -2.17. The quantitative estimate of drug-likeness (QED) is 0.0516. The number of hydrogen-bond acceptors (Lipinski definition) is 8. The van der Waals surface area contributed by atoms with E-state index in [4.69, 9.17) is 30.8 Å². The molecule has 2 aromatic heterocycles. The third kappa shape index (κ3) is 8.76. The molecule has 6 N–H and O–H groups in total. The minimum absolute atomic E-state index is 0.0706. The van der Waals surface area contributed by atoms with Gasteiger partial charge in [0, 0.05) is 49.1 Å². The second-order valence-corrected chi connectivity index (χ2v) is 11.3. The maximum atomic E-state index is 9.10. The molecule has 0 fully saturated rings. The van der Waals surface area contributed by atoms with Gasteiger partial charge in [0.25, 0.3) is 0 Å². The van der Waals surface area contributed by atoms with E-state index in [0.29, 0.717) is 32.1 Å². The van der Waals surface area contributed by atoms with Crippen molar-refractivity contribution in [2.24, 2.45) is 0 Å². The summed E-state index contributed by atoms with van der Waals surface area (Å²) in [5.41, 5.74) is 11.1. The molecule has 256 valence electrons. The number of hydrogen-bond donors (Lipinski definition) is 6. The zero-order valence-electron chi connectivity index (χ0n) is 29.1.